The minimum Gasteiger partial charge on any atom is -0.310 e. The summed E-state index contributed by atoms with van der Waals surface area (Å²) in [6.45, 7) is 3.66. The van der Waals surface area contributed by atoms with Gasteiger partial charge in [-0.3, -0.25) is 4.79 Å². The molecule has 0 bridgehead atoms. The average Bonchev–Trinajstić information content (AvgIpc) is 2.33. The molecular weight excluding hydrogens is 271 g/mol. The number of halogens is 2. The molecule has 0 spiro atoms. The second-order valence-corrected chi connectivity index (χ2v) is 4.81. The molecule has 0 aliphatic rings. The number of H-pyrrole nitrogens is 1. The zero-order valence-corrected chi connectivity index (χ0v) is 11.6. The number of hydrogen-bond donors (Lipinski definition) is 1. The number of aryl methyl sites for hydroxylation is 1. The van der Waals surface area contributed by atoms with Crippen molar-refractivity contribution in [2.45, 2.75) is 20.3 Å². The van der Waals surface area contributed by atoms with Gasteiger partial charge in [0.15, 0.2) is 0 Å². The van der Waals surface area contributed by atoms with Crippen LogP contribution in [0.4, 0.5) is 0 Å². The van der Waals surface area contributed by atoms with Crippen molar-refractivity contribution in [3.8, 4) is 11.3 Å². The summed E-state index contributed by atoms with van der Waals surface area (Å²) in [6.07, 6.45) is 0.660. The minimum atomic E-state index is -0.136. The third-order valence-electron chi connectivity index (χ3n) is 2.72. The first-order chi connectivity index (χ1) is 8.52. The number of aromatic amines is 1. The number of aromatic nitrogens is 2. The molecule has 5 heteroatoms. The molecule has 1 heterocycles. The summed E-state index contributed by atoms with van der Waals surface area (Å²) >= 11 is 12.0. The van der Waals surface area contributed by atoms with Gasteiger partial charge in [0, 0.05) is 22.6 Å². The van der Waals surface area contributed by atoms with Gasteiger partial charge in [-0.2, -0.15) is 0 Å². The van der Waals surface area contributed by atoms with Crippen LogP contribution in [0.1, 0.15) is 18.3 Å². The highest BCUT2D eigenvalue weighted by molar-refractivity contribution is 6.36. The van der Waals surface area contributed by atoms with Crippen molar-refractivity contribution >= 4 is 23.2 Å². The lowest BCUT2D eigenvalue weighted by molar-refractivity contribution is 0.912. The first-order valence-corrected chi connectivity index (χ1v) is 6.33. The van der Waals surface area contributed by atoms with E-state index in [9.17, 15) is 4.79 Å². The number of nitrogens with one attached hydrogen (secondary N) is 1. The lowest BCUT2D eigenvalue weighted by Crippen LogP contribution is -2.15. The van der Waals surface area contributed by atoms with Crippen molar-refractivity contribution in [2.75, 3.05) is 0 Å². The van der Waals surface area contributed by atoms with Crippen LogP contribution in [-0.2, 0) is 6.42 Å². The maximum absolute atomic E-state index is 11.8. The SMILES string of the molecule is CCc1nc(-c2ccc(Cl)cc2Cl)c(C)c(=O)[nH]1. The van der Waals surface area contributed by atoms with Gasteiger partial charge in [0.1, 0.15) is 5.82 Å². The van der Waals surface area contributed by atoms with E-state index in [1.54, 1.807) is 25.1 Å². The van der Waals surface area contributed by atoms with E-state index in [0.717, 1.165) is 5.56 Å². The second-order valence-electron chi connectivity index (χ2n) is 3.96. The molecule has 1 aromatic heterocycles. The van der Waals surface area contributed by atoms with Gasteiger partial charge >= 0.3 is 0 Å². The van der Waals surface area contributed by atoms with Crippen LogP contribution in [0.2, 0.25) is 10.0 Å². The highest BCUT2D eigenvalue weighted by atomic mass is 35.5. The zero-order chi connectivity index (χ0) is 13.3. The smallest absolute Gasteiger partial charge is 0.254 e. The van der Waals surface area contributed by atoms with Crippen LogP contribution in [0.25, 0.3) is 11.3 Å². The number of hydrogen-bond acceptors (Lipinski definition) is 2. The first kappa shape index (κ1) is 13.1. The van der Waals surface area contributed by atoms with Gasteiger partial charge in [-0.1, -0.05) is 30.1 Å². The van der Waals surface area contributed by atoms with Gasteiger partial charge in [0.2, 0.25) is 0 Å². The second kappa shape index (κ2) is 5.12. The Morgan fingerprint density at radius 3 is 2.67 bits per heavy atom. The van der Waals surface area contributed by atoms with Gasteiger partial charge in [-0.05, 0) is 25.1 Å². The third kappa shape index (κ3) is 2.42. The Labute approximate surface area is 115 Å². The minimum absolute atomic E-state index is 0.136. The fourth-order valence-electron chi connectivity index (χ4n) is 1.69. The molecule has 2 aromatic rings. The first-order valence-electron chi connectivity index (χ1n) is 5.58. The molecular formula is C13H12Cl2N2O. The Hall–Kier alpha value is -1.32. The van der Waals surface area contributed by atoms with E-state index in [1.165, 1.54) is 0 Å². The van der Waals surface area contributed by atoms with Crippen LogP contribution in [0.3, 0.4) is 0 Å². The highest BCUT2D eigenvalue weighted by Crippen LogP contribution is 2.30. The topological polar surface area (TPSA) is 45.8 Å². The van der Waals surface area contributed by atoms with Crippen molar-refractivity contribution < 1.29 is 0 Å². The van der Waals surface area contributed by atoms with E-state index in [-0.39, 0.29) is 5.56 Å². The molecule has 0 unspecified atom stereocenters. The Balaban J connectivity index is 2.70. The van der Waals surface area contributed by atoms with E-state index in [1.807, 2.05) is 6.92 Å². The van der Waals surface area contributed by atoms with E-state index in [4.69, 9.17) is 23.2 Å². The molecule has 2 rings (SSSR count). The molecule has 0 amide bonds. The predicted molar refractivity (Wildman–Crippen MR) is 74.4 cm³/mol. The molecule has 0 aliphatic heterocycles. The maximum Gasteiger partial charge on any atom is 0.254 e. The van der Waals surface area contributed by atoms with Crippen molar-refractivity contribution in [1.82, 2.24) is 9.97 Å². The van der Waals surface area contributed by atoms with Crippen molar-refractivity contribution in [3.63, 3.8) is 0 Å². The van der Waals surface area contributed by atoms with Crippen LogP contribution in [0.15, 0.2) is 23.0 Å². The lowest BCUT2D eigenvalue weighted by Gasteiger charge is -2.08. The van der Waals surface area contributed by atoms with Crippen LogP contribution in [0.5, 0.6) is 0 Å². The molecule has 1 N–H and O–H groups in total. The summed E-state index contributed by atoms with van der Waals surface area (Å²) in [6, 6.07) is 5.15. The van der Waals surface area contributed by atoms with Gasteiger partial charge in [-0.15, -0.1) is 0 Å². The zero-order valence-electron chi connectivity index (χ0n) is 10.1. The number of rotatable bonds is 2. The lowest BCUT2D eigenvalue weighted by atomic mass is 10.1. The van der Waals surface area contributed by atoms with Gasteiger partial charge < -0.3 is 4.98 Å². The maximum atomic E-state index is 11.8. The van der Waals surface area contributed by atoms with Crippen molar-refractivity contribution in [2.24, 2.45) is 0 Å². The largest absolute Gasteiger partial charge is 0.310 e. The molecule has 0 aliphatic carbocycles. The standard InChI is InChI=1S/C13H12Cl2N2O/c1-3-11-16-12(7(2)13(18)17-11)9-5-4-8(14)6-10(9)15/h4-6H,3H2,1-2H3,(H,16,17,18). The molecule has 0 fully saturated rings. The van der Waals surface area contributed by atoms with Gasteiger partial charge in [0.25, 0.3) is 5.56 Å². The van der Waals surface area contributed by atoms with Gasteiger partial charge in [-0.25, -0.2) is 4.98 Å². The third-order valence-corrected chi connectivity index (χ3v) is 3.27. The summed E-state index contributed by atoms with van der Waals surface area (Å²) in [7, 11) is 0. The molecule has 1 aromatic carbocycles. The summed E-state index contributed by atoms with van der Waals surface area (Å²) in [5, 5.41) is 1.05. The summed E-state index contributed by atoms with van der Waals surface area (Å²) < 4.78 is 0. The molecule has 94 valence electrons. The van der Waals surface area contributed by atoms with Crippen molar-refractivity contribution in [3.05, 3.63) is 50.0 Å². The predicted octanol–water partition coefficient (Wildman–Crippen LogP) is 3.61. The fraction of sp³-hybridized carbons (Fsp3) is 0.231. The van der Waals surface area contributed by atoms with Crippen LogP contribution in [-0.4, -0.2) is 9.97 Å². The number of benzene rings is 1. The quantitative estimate of drug-likeness (QED) is 0.915. The van der Waals surface area contributed by atoms with E-state index in [2.05, 4.69) is 9.97 Å². The summed E-state index contributed by atoms with van der Waals surface area (Å²) in [5.41, 5.74) is 1.75. The monoisotopic (exact) mass is 282 g/mol. The Bertz CT molecular complexity index is 650. The summed E-state index contributed by atoms with van der Waals surface area (Å²) in [5.74, 6) is 0.645. The highest BCUT2D eigenvalue weighted by Gasteiger charge is 2.12. The molecule has 0 saturated carbocycles. The Kier molecular flexibility index (Phi) is 3.73. The Morgan fingerprint density at radius 1 is 1.33 bits per heavy atom. The molecule has 0 saturated heterocycles. The van der Waals surface area contributed by atoms with Crippen LogP contribution >= 0.6 is 23.2 Å². The van der Waals surface area contributed by atoms with Crippen LogP contribution in [0, 0.1) is 6.92 Å². The summed E-state index contributed by atoms with van der Waals surface area (Å²) in [4.78, 5) is 19.0. The molecule has 3 nitrogen and oxygen atoms in total. The number of nitrogens with zero attached hydrogens (tertiary/aromatic N) is 1. The van der Waals surface area contributed by atoms with Crippen molar-refractivity contribution in [1.29, 1.82) is 0 Å². The molecule has 18 heavy (non-hydrogen) atoms. The molecule has 0 radical (unpaired) electrons. The Morgan fingerprint density at radius 2 is 2.06 bits per heavy atom. The fourth-order valence-corrected chi connectivity index (χ4v) is 2.19. The van der Waals surface area contributed by atoms with E-state index in [0.29, 0.717) is 33.5 Å². The van der Waals surface area contributed by atoms with E-state index < -0.39 is 0 Å². The van der Waals surface area contributed by atoms with E-state index >= 15 is 0 Å². The average molecular weight is 283 g/mol. The van der Waals surface area contributed by atoms with Gasteiger partial charge in [0.05, 0.1) is 10.7 Å². The normalized spacial score (nSPS) is 10.7. The molecule has 0 atom stereocenters. The van der Waals surface area contributed by atoms with Crippen LogP contribution < -0.4 is 5.56 Å².